The molecule has 0 rings (SSSR count). The fourth-order valence-electron chi connectivity index (χ4n) is 1.21. The summed E-state index contributed by atoms with van der Waals surface area (Å²) in [5.74, 6) is -1.02. The Labute approximate surface area is 106 Å². The van der Waals surface area contributed by atoms with E-state index < -0.39 is 18.1 Å². The minimum atomic E-state index is -1.02. The van der Waals surface area contributed by atoms with Crippen LogP contribution in [0.2, 0.25) is 0 Å². The van der Waals surface area contributed by atoms with Crippen molar-refractivity contribution in [3.05, 3.63) is 0 Å². The van der Waals surface area contributed by atoms with Gasteiger partial charge in [0.1, 0.15) is 6.04 Å². The number of unbranched alkanes of at least 4 members (excludes halogenated alkanes) is 1. The van der Waals surface area contributed by atoms with Gasteiger partial charge in [0, 0.05) is 19.8 Å². The quantitative estimate of drug-likeness (QED) is 0.258. The summed E-state index contributed by atoms with van der Waals surface area (Å²) in [6.45, 7) is 0.619. The van der Waals surface area contributed by atoms with E-state index >= 15 is 0 Å². The molecule has 1 atom stereocenters. The van der Waals surface area contributed by atoms with Gasteiger partial charge < -0.3 is 26.4 Å². The molecule has 0 saturated carbocycles. The topological polar surface area (TPSA) is 129 Å². The molecule has 5 N–H and O–H groups in total. The van der Waals surface area contributed by atoms with Crippen LogP contribution >= 0.6 is 0 Å². The molecule has 0 saturated heterocycles. The van der Waals surface area contributed by atoms with E-state index in [4.69, 9.17) is 21.1 Å². The van der Waals surface area contributed by atoms with Gasteiger partial charge >= 0.3 is 12.1 Å². The minimum Gasteiger partial charge on any atom is -0.480 e. The molecule has 0 radical (unpaired) electrons. The van der Waals surface area contributed by atoms with E-state index in [0.717, 1.165) is 6.21 Å². The first kappa shape index (κ1) is 16.3. The smallest absolute Gasteiger partial charge is 0.426 e. The molecule has 18 heavy (non-hydrogen) atoms. The number of carbonyl (C=O) groups is 2. The maximum atomic E-state index is 11.0. The fraction of sp³-hybridized carbons (Fsp3) is 0.700. The lowest BCUT2D eigenvalue weighted by atomic mass is 10.1. The first-order chi connectivity index (χ1) is 8.51. The third-order valence-electron chi connectivity index (χ3n) is 2.20. The number of carboxylic acid groups (broad SMARTS) is 1. The van der Waals surface area contributed by atoms with Crippen LogP contribution in [0.15, 0.2) is 0 Å². The van der Waals surface area contributed by atoms with Crippen molar-refractivity contribution >= 4 is 18.3 Å². The third kappa shape index (κ3) is 7.58. The van der Waals surface area contributed by atoms with E-state index in [9.17, 15) is 9.59 Å². The van der Waals surface area contributed by atoms with E-state index in [0.29, 0.717) is 25.8 Å². The molecule has 0 aliphatic heterocycles. The van der Waals surface area contributed by atoms with Crippen molar-refractivity contribution < 1.29 is 19.5 Å². The van der Waals surface area contributed by atoms with Crippen LogP contribution in [0.4, 0.5) is 4.79 Å². The summed E-state index contributed by atoms with van der Waals surface area (Å²) >= 11 is 0. The molecule has 104 valence electrons. The van der Waals surface area contributed by atoms with Crippen LogP contribution in [0.25, 0.3) is 0 Å². The Hall–Kier alpha value is -1.67. The van der Waals surface area contributed by atoms with Gasteiger partial charge in [-0.1, -0.05) is 0 Å². The maximum Gasteiger partial charge on any atom is 0.426 e. The van der Waals surface area contributed by atoms with E-state index in [2.05, 4.69) is 5.32 Å². The van der Waals surface area contributed by atoms with Crippen LogP contribution in [-0.2, 0) is 9.63 Å². The highest BCUT2D eigenvalue weighted by molar-refractivity contribution is 5.72. The van der Waals surface area contributed by atoms with Gasteiger partial charge in [-0.15, -0.1) is 5.06 Å². The monoisotopic (exact) mass is 260 g/mol. The molecule has 0 fully saturated rings. The first-order valence-corrected chi connectivity index (χ1v) is 5.63. The first-order valence-electron chi connectivity index (χ1n) is 5.63. The molecule has 0 spiro atoms. The standard InChI is InChI=1S/C10H20N4O4/c1-13-10(17)18-14(7-5-11)6-3-2-4-8(12)9(15)16/h5,8,11H,2-4,6-7,12H2,1H3,(H,13,17)(H,15,16)/t8-/m0/s1. The molecular formula is C10H20N4O4. The molecule has 8 heteroatoms. The number of hydroxylamine groups is 2. The highest BCUT2D eigenvalue weighted by atomic mass is 16.7. The zero-order chi connectivity index (χ0) is 14.0. The zero-order valence-electron chi connectivity index (χ0n) is 10.4. The fourth-order valence-corrected chi connectivity index (χ4v) is 1.21. The van der Waals surface area contributed by atoms with E-state index in [-0.39, 0.29) is 6.54 Å². The largest absolute Gasteiger partial charge is 0.480 e. The highest BCUT2D eigenvalue weighted by Gasteiger charge is 2.12. The molecule has 0 aliphatic rings. The molecule has 0 aliphatic carbocycles. The summed E-state index contributed by atoms with van der Waals surface area (Å²) in [5, 5.41) is 19.2. The average molecular weight is 260 g/mol. The Bertz CT molecular complexity index is 285. The van der Waals surface area contributed by atoms with Crippen LogP contribution in [0.1, 0.15) is 19.3 Å². The van der Waals surface area contributed by atoms with Gasteiger partial charge in [0.2, 0.25) is 0 Å². The van der Waals surface area contributed by atoms with Crippen molar-refractivity contribution in [2.24, 2.45) is 5.73 Å². The predicted octanol–water partition coefficient (Wildman–Crippen LogP) is -0.209. The highest BCUT2D eigenvalue weighted by Crippen LogP contribution is 2.02. The van der Waals surface area contributed by atoms with Gasteiger partial charge in [-0.2, -0.15) is 0 Å². The van der Waals surface area contributed by atoms with Gasteiger partial charge in [-0.05, 0) is 19.3 Å². The summed E-state index contributed by atoms with van der Waals surface area (Å²) in [6.07, 6.45) is 2.13. The van der Waals surface area contributed by atoms with Crippen molar-refractivity contribution in [3.8, 4) is 0 Å². The van der Waals surface area contributed by atoms with Crippen molar-refractivity contribution in [3.63, 3.8) is 0 Å². The van der Waals surface area contributed by atoms with Crippen LogP contribution in [0.5, 0.6) is 0 Å². The van der Waals surface area contributed by atoms with Gasteiger partial charge in [0.05, 0.1) is 6.54 Å². The molecule has 8 nitrogen and oxygen atoms in total. The van der Waals surface area contributed by atoms with Crippen molar-refractivity contribution in [1.29, 1.82) is 5.41 Å². The van der Waals surface area contributed by atoms with Crippen molar-refractivity contribution in [1.82, 2.24) is 10.4 Å². The van der Waals surface area contributed by atoms with Crippen molar-refractivity contribution in [2.45, 2.75) is 25.3 Å². The van der Waals surface area contributed by atoms with Gasteiger partial charge in [-0.3, -0.25) is 4.79 Å². The molecule has 0 unspecified atom stereocenters. The number of nitrogens with zero attached hydrogens (tertiary/aromatic N) is 1. The Kier molecular flexibility index (Phi) is 8.50. The number of nitrogens with two attached hydrogens (primary N) is 1. The van der Waals surface area contributed by atoms with Gasteiger partial charge in [0.15, 0.2) is 0 Å². The number of aliphatic carboxylic acids is 1. The summed E-state index contributed by atoms with van der Waals surface area (Å²) in [6, 6.07) is -0.860. The number of nitrogens with one attached hydrogen (secondary N) is 2. The lowest BCUT2D eigenvalue weighted by Gasteiger charge is -2.18. The Morgan fingerprint density at radius 1 is 1.56 bits per heavy atom. The van der Waals surface area contributed by atoms with Crippen LogP contribution in [0, 0.1) is 5.41 Å². The summed E-state index contributed by atoms with van der Waals surface area (Å²) in [5.41, 5.74) is 5.35. The number of rotatable bonds is 9. The second kappa shape index (κ2) is 9.37. The maximum absolute atomic E-state index is 11.0. The van der Waals surface area contributed by atoms with E-state index in [1.54, 1.807) is 0 Å². The van der Waals surface area contributed by atoms with Crippen LogP contribution < -0.4 is 11.1 Å². The van der Waals surface area contributed by atoms with Crippen molar-refractivity contribution in [2.75, 3.05) is 20.1 Å². The normalized spacial score (nSPS) is 11.9. The summed E-state index contributed by atoms with van der Waals surface area (Å²) in [7, 11) is 1.44. The molecular weight excluding hydrogens is 240 g/mol. The number of hydrogen-bond donors (Lipinski definition) is 4. The average Bonchev–Trinajstić information content (AvgIpc) is 2.33. The summed E-state index contributed by atoms with van der Waals surface area (Å²) < 4.78 is 0. The number of amides is 1. The molecule has 0 aromatic rings. The Balaban J connectivity index is 3.86. The second-order valence-electron chi connectivity index (χ2n) is 3.66. The predicted molar refractivity (Wildman–Crippen MR) is 65.4 cm³/mol. The van der Waals surface area contributed by atoms with E-state index in [1.165, 1.54) is 12.1 Å². The molecule has 1 amide bonds. The minimum absolute atomic E-state index is 0.193. The Morgan fingerprint density at radius 2 is 2.22 bits per heavy atom. The SMILES string of the molecule is CNC(=O)ON(CC=N)CCCC[C@H](N)C(=O)O. The number of hydrogen-bond acceptors (Lipinski definition) is 6. The molecule has 0 aromatic carbocycles. The number of carbonyl (C=O) groups excluding carboxylic acids is 1. The molecule has 0 aromatic heterocycles. The van der Waals surface area contributed by atoms with E-state index in [1.807, 2.05) is 0 Å². The molecule has 0 heterocycles. The Morgan fingerprint density at radius 3 is 2.72 bits per heavy atom. The van der Waals surface area contributed by atoms with Gasteiger partial charge in [-0.25, -0.2) is 4.79 Å². The van der Waals surface area contributed by atoms with Crippen LogP contribution in [0.3, 0.4) is 0 Å². The summed E-state index contributed by atoms with van der Waals surface area (Å²) in [4.78, 5) is 26.3. The molecule has 0 bridgehead atoms. The van der Waals surface area contributed by atoms with Crippen LogP contribution in [-0.4, -0.2) is 54.6 Å². The lowest BCUT2D eigenvalue weighted by Crippen LogP contribution is -2.34. The lowest BCUT2D eigenvalue weighted by molar-refractivity contribution is -0.138. The number of carboxylic acids is 1. The third-order valence-corrected chi connectivity index (χ3v) is 2.20. The second-order valence-corrected chi connectivity index (χ2v) is 3.66. The van der Waals surface area contributed by atoms with Gasteiger partial charge in [0.25, 0.3) is 0 Å². The zero-order valence-corrected chi connectivity index (χ0v) is 10.4.